The van der Waals surface area contributed by atoms with Crippen molar-refractivity contribution in [2.24, 2.45) is 5.92 Å². The molecule has 1 atom stereocenters. The molecule has 4 heteroatoms. The summed E-state index contributed by atoms with van der Waals surface area (Å²) in [5.41, 5.74) is 1.60. The lowest BCUT2D eigenvalue weighted by molar-refractivity contribution is 0.0950. The van der Waals surface area contributed by atoms with Gasteiger partial charge in [-0.25, -0.2) is 0 Å². The number of hydrogen-bond donors (Lipinski definition) is 1. The number of amides is 1. The molecule has 1 aromatic carbocycles. The number of rotatable bonds is 4. The van der Waals surface area contributed by atoms with Crippen molar-refractivity contribution in [2.75, 3.05) is 19.8 Å². The van der Waals surface area contributed by atoms with E-state index in [1.54, 1.807) is 18.2 Å². The van der Waals surface area contributed by atoms with Crippen molar-refractivity contribution < 1.29 is 9.53 Å². The number of ether oxygens (including phenoxy) is 1. The van der Waals surface area contributed by atoms with Gasteiger partial charge in [0.15, 0.2) is 0 Å². The second kappa shape index (κ2) is 6.21. The summed E-state index contributed by atoms with van der Waals surface area (Å²) in [5, 5.41) is 3.61. The average Bonchev–Trinajstić information content (AvgIpc) is 2.81. The van der Waals surface area contributed by atoms with Crippen LogP contribution in [0.4, 0.5) is 0 Å². The van der Waals surface area contributed by atoms with Crippen LogP contribution in [0.25, 0.3) is 0 Å². The molecule has 1 N–H and O–H groups in total. The number of carbonyl (C=O) groups is 1. The van der Waals surface area contributed by atoms with Crippen LogP contribution in [0.5, 0.6) is 0 Å². The van der Waals surface area contributed by atoms with Crippen molar-refractivity contribution >= 4 is 17.5 Å². The summed E-state index contributed by atoms with van der Waals surface area (Å²) in [6.07, 6.45) is 2.09. The van der Waals surface area contributed by atoms with E-state index in [9.17, 15) is 4.79 Å². The van der Waals surface area contributed by atoms with Crippen LogP contribution in [0, 0.1) is 12.8 Å². The molecule has 1 saturated heterocycles. The quantitative estimate of drug-likeness (QED) is 0.911. The number of aryl methyl sites for hydroxylation is 1. The number of nitrogens with one attached hydrogen (secondary N) is 1. The summed E-state index contributed by atoms with van der Waals surface area (Å²) in [7, 11) is 0. The maximum absolute atomic E-state index is 12.0. The first-order chi connectivity index (χ1) is 8.66. The van der Waals surface area contributed by atoms with Crippen LogP contribution in [0.2, 0.25) is 5.02 Å². The number of benzene rings is 1. The van der Waals surface area contributed by atoms with Gasteiger partial charge in [-0.2, -0.15) is 0 Å². The summed E-state index contributed by atoms with van der Waals surface area (Å²) in [4.78, 5) is 12.0. The molecule has 98 valence electrons. The monoisotopic (exact) mass is 267 g/mol. The molecule has 0 bridgehead atoms. The van der Waals surface area contributed by atoms with Crippen molar-refractivity contribution in [1.82, 2.24) is 5.32 Å². The van der Waals surface area contributed by atoms with Crippen LogP contribution in [0.1, 0.15) is 28.8 Å². The van der Waals surface area contributed by atoms with Crippen molar-refractivity contribution in [3.05, 3.63) is 34.3 Å². The van der Waals surface area contributed by atoms with E-state index < -0.39 is 0 Å². The molecule has 0 saturated carbocycles. The van der Waals surface area contributed by atoms with Gasteiger partial charge in [-0.3, -0.25) is 4.79 Å². The fourth-order valence-corrected chi connectivity index (χ4v) is 2.40. The highest BCUT2D eigenvalue weighted by Crippen LogP contribution is 2.17. The van der Waals surface area contributed by atoms with Crippen LogP contribution in [-0.2, 0) is 4.74 Å². The zero-order valence-electron chi connectivity index (χ0n) is 10.5. The fraction of sp³-hybridized carbons (Fsp3) is 0.500. The van der Waals surface area contributed by atoms with Gasteiger partial charge in [0.1, 0.15) is 0 Å². The Kier molecular flexibility index (Phi) is 4.61. The standard InChI is InChI=1S/C14H18ClNO2/c1-10-8-12(15)2-3-13(10)14(17)16-6-4-11-5-7-18-9-11/h2-3,8,11H,4-7,9H2,1H3,(H,16,17)/t11-/m1/s1. The van der Waals surface area contributed by atoms with Gasteiger partial charge < -0.3 is 10.1 Å². The topological polar surface area (TPSA) is 38.3 Å². The predicted molar refractivity (Wildman–Crippen MR) is 72.1 cm³/mol. The van der Waals surface area contributed by atoms with Gasteiger partial charge in [0, 0.05) is 30.3 Å². The Bertz CT molecular complexity index is 428. The van der Waals surface area contributed by atoms with Crippen LogP contribution in [0.3, 0.4) is 0 Å². The molecule has 1 aromatic rings. The van der Waals surface area contributed by atoms with E-state index in [-0.39, 0.29) is 5.91 Å². The highest BCUT2D eigenvalue weighted by molar-refractivity contribution is 6.30. The van der Waals surface area contributed by atoms with Gasteiger partial charge in [0.05, 0.1) is 0 Å². The number of carbonyl (C=O) groups excluding carboxylic acids is 1. The SMILES string of the molecule is Cc1cc(Cl)ccc1C(=O)NCC[C@@H]1CCOC1. The minimum atomic E-state index is -0.0249. The van der Waals surface area contributed by atoms with E-state index in [0.717, 1.165) is 31.6 Å². The number of halogens is 1. The molecule has 3 nitrogen and oxygen atoms in total. The third-order valence-electron chi connectivity index (χ3n) is 3.30. The Balaban J connectivity index is 1.83. The molecule has 2 rings (SSSR count). The van der Waals surface area contributed by atoms with Gasteiger partial charge in [0.2, 0.25) is 0 Å². The molecule has 1 fully saturated rings. The third kappa shape index (κ3) is 3.47. The lowest BCUT2D eigenvalue weighted by atomic mass is 10.0. The van der Waals surface area contributed by atoms with E-state index in [4.69, 9.17) is 16.3 Å². The third-order valence-corrected chi connectivity index (χ3v) is 3.53. The van der Waals surface area contributed by atoms with Gasteiger partial charge in [-0.1, -0.05) is 11.6 Å². The second-order valence-corrected chi connectivity index (χ2v) is 5.17. The predicted octanol–water partition coefficient (Wildman–Crippen LogP) is 2.80. The molecule has 0 aliphatic carbocycles. The highest BCUT2D eigenvalue weighted by Gasteiger charge is 2.16. The number of hydrogen-bond acceptors (Lipinski definition) is 2. The zero-order valence-corrected chi connectivity index (χ0v) is 11.3. The fourth-order valence-electron chi connectivity index (χ4n) is 2.18. The molecule has 0 spiro atoms. The molecule has 1 aliphatic rings. The maximum Gasteiger partial charge on any atom is 0.251 e. The Labute approximate surface area is 112 Å². The molecular formula is C14H18ClNO2. The van der Waals surface area contributed by atoms with E-state index in [1.165, 1.54) is 0 Å². The first kappa shape index (κ1) is 13.4. The molecule has 0 unspecified atom stereocenters. The molecule has 0 aromatic heterocycles. The Morgan fingerprint density at radius 1 is 1.56 bits per heavy atom. The minimum Gasteiger partial charge on any atom is -0.381 e. The van der Waals surface area contributed by atoms with Gasteiger partial charge >= 0.3 is 0 Å². The van der Waals surface area contributed by atoms with Crippen molar-refractivity contribution in [1.29, 1.82) is 0 Å². The molecular weight excluding hydrogens is 250 g/mol. The van der Waals surface area contributed by atoms with Crippen molar-refractivity contribution in [2.45, 2.75) is 19.8 Å². The molecule has 1 amide bonds. The maximum atomic E-state index is 12.0. The lowest BCUT2D eigenvalue weighted by Crippen LogP contribution is -2.26. The van der Waals surface area contributed by atoms with E-state index in [2.05, 4.69) is 5.32 Å². The Morgan fingerprint density at radius 2 is 2.39 bits per heavy atom. The van der Waals surface area contributed by atoms with E-state index in [1.807, 2.05) is 6.92 Å². The molecule has 1 aliphatic heterocycles. The average molecular weight is 268 g/mol. The lowest BCUT2D eigenvalue weighted by Gasteiger charge is -2.10. The summed E-state index contributed by atoms with van der Waals surface area (Å²) >= 11 is 5.87. The Hall–Kier alpha value is -1.06. The highest BCUT2D eigenvalue weighted by atomic mass is 35.5. The summed E-state index contributed by atoms with van der Waals surface area (Å²) in [6, 6.07) is 5.32. The zero-order chi connectivity index (χ0) is 13.0. The van der Waals surface area contributed by atoms with Crippen LogP contribution < -0.4 is 5.32 Å². The van der Waals surface area contributed by atoms with Gasteiger partial charge in [-0.05, 0) is 49.4 Å². The molecule has 0 radical (unpaired) electrons. The van der Waals surface area contributed by atoms with E-state index in [0.29, 0.717) is 23.0 Å². The largest absolute Gasteiger partial charge is 0.381 e. The second-order valence-electron chi connectivity index (χ2n) is 4.73. The smallest absolute Gasteiger partial charge is 0.251 e. The van der Waals surface area contributed by atoms with Gasteiger partial charge in [0.25, 0.3) is 5.91 Å². The summed E-state index contributed by atoms with van der Waals surface area (Å²) in [6.45, 7) is 4.28. The first-order valence-corrected chi connectivity index (χ1v) is 6.66. The molecule has 18 heavy (non-hydrogen) atoms. The van der Waals surface area contributed by atoms with Gasteiger partial charge in [-0.15, -0.1) is 0 Å². The van der Waals surface area contributed by atoms with Crippen LogP contribution in [0.15, 0.2) is 18.2 Å². The Morgan fingerprint density at radius 3 is 3.06 bits per heavy atom. The first-order valence-electron chi connectivity index (χ1n) is 6.29. The van der Waals surface area contributed by atoms with E-state index >= 15 is 0 Å². The molecule has 1 heterocycles. The van der Waals surface area contributed by atoms with Crippen LogP contribution in [-0.4, -0.2) is 25.7 Å². The van der Waals surface area contributed by atoms with Crippen LogP contribution >= 0.6 is 11.6 Å². The van der Waals surface area contributed by atoms with Crippen molar-refractivity contribution in [3.63, 3.8) is 0 Å². The normalized spacial score (nSPS) is 18.9. The summed E-state index contributed by atoms with van der Waals surface area (Å²) < 4.78 is 5.30. The minimum absolute atomic E-state index is 0.0249. The summed E-state index contributed by atoms with van der Waals surface area (Å²) in [5.74, 6) is 0.569. The van der Waals surface area contributed by atoms with Crippen molar-refractivity contribution in [3.8, 4) is 0 Å².